The highest BCUT2D eigenvalue weighted by Gasteiger charge is 2.11. The molecule has 0 heterocycles. The molecule has 0 unspecified atom stereocenters. The highest BCUT2D eigenvalue weighted by atomic mass is 32.2. The average Bonchev–Trinajstić information content (AvgIpc) is 2.68. The van der Waals surface area contributed by atoms with Gasteiger partial charge in [0.1, 0.15) is 0 Å². The first-order chi connectivity index (χ1) is 12.1. The minimum absolute atomic E-state index is 0.165. The lowest BCUT2D eigenvalue weighted by molar-refractivity contribution is 0.104. The molecule has 3 rings (SSSR count). The number of benzene rings is 3. The number of carbonyl (C=O) groups is 1. The standard InChI is InChI=1S/C21H16O3S/c22-21(15-16-25(23,24)20-9-5-2-6-10-20)19-13-11-18(12-14-19)17-7-3-1-4-8-17/h1-16H/b16-15+. The van der Waals surface area contributed by atoms with Crippen LogP contribution >= 0.6 is 0 Å². The van der Waals surface area contributed by atoms with E-state index in [0.717, 1.165) is 22.6 Å². The van der Waals surface area contributed by atoms with Crippen molar-refractivity contribution >= 4 is 15.6 Å². The Hall–Kier alpha value is -2.98. The van der Waals surface area contributed by atoms with Gasteiger partial charge in [-0.1, -0.05) is 72.8 Å². The summed E-state index contributed by atoms with van der Waals surface area (Å²) in [7, 11) is -3.62. The van der Waals surface area contributed by atoms with Crippen LogP contribution in [0.3, 0.4) is 0 Å². The lowest BCUT2D eigenvalue weighted by Gasteiger charge is -2.02. The van der Waals surface area contributed by atoms with E-state index in [1.807, 2.05) is 42.5 Å². The fourth-order valence-corrected chi connectivity index (χ4v) is 3.39. The summed E-state index contributed by atoms with van der Waals surface area (Å²) in [4.78, 5) is 12.4. The zero-order chi connectivity index (χ0) is 17.7. The summed E-state index contributed by atoms with van der Waals surface area (Å²) in [6.45, 7) is 0. The van der Waals surface area contributed by atoms with Crippen LogP contribution in [-0.4, -0.2) is 14.2 Å². The normalized spacial score (nSPS) is 11.5. The van der Waals surface area contributed by atoms with Crippen molar-refractivity contribution in [2.24, 2.45) is 0 Å². The summed E-state index contributed by atoms with van der Waals surface area (Å²) in [5.74, 6) is -0.348. The zero-order valence-electron chi connectivity index (χ0n) is 13.4. The number of carbonyl (C=O) groups excluding carboxylic acids is 1. The summed E-state index contributed by atoms with van der Waals surface area (Å²) in [5.41, 5.74) is 2.50. The van der Waals surface area contributed by atoms with E-state index in [1.54, 1.807) is 30.3 Å². The monoisotopic (exact) mass is 348 g/mol. The number of hydrogen-bond acceptors (Lipinski definition) is 3. The molecule has 0 aliphatic heterocycles. The van der Waals surface area contributed by atoms with Crippen molar-refractivity contribution in [1.82, 2.24) is 0 Å². The second kappa shape index (κ2) is 7.28. The van der Waals surface area contributed by atoms with E-state index in [-0.39, 0.29) is 10.7 Å². The summed E-state index contributed by atoms with van der Waals surface area (Å²) in [6.07, 6.45) is 1.10. The third-order valence-electron chi connectivity index (χ3n) is 3.75. The Morgan fingerprint density at radius 2 is 1.20 bits per heavy atom. The van der Waals surface area contributed by atoms with Gasteiger partial charge in [-0.05, 0) is 29.3 Å². The molecule has 124 valence electrons. The van der Waals surface area contributed by atoms with Crippen LogP contribution < -0.4 is 0 Å². The van der Waals surface area contributed by atoms with Gasteiger partial charge in [-0.15, -0.1) is 0 Å². The summed E-state index contributed by atoms with van der Waals surface area (Å²) >= 11 is 0. The second-order valence-corrected chi connectivity index (χ2v) is 7.30. The highest BCUT2D eigenvalue weighted by molar-refractivity contribution is 7.94. The van der Waals surface area contributed by atoms with Gasteiger partial charge >= 0.3 is 0 Å². The van der Waals surface area contributed by atoms with Crippen molar-refractivity contribution < 1.29 is 13.2 Å². The SMILES string of the molecule is O=C(/C=C/S(=O)(=O)c1ccccc1)c1ccc(-c2ccccc2)cc1. The molecule has 0 saturated heterocycles. The molecule has 0 bridgehead atoms. The molecule has 0 amide bonds. The number of ketones is 1. The Bertz CT molecular complexity index is 988. The van der Waals surface area contributed by atoms with Gasteiger partial charge in [-0.25, -0.2) is 8.42 Å². The topological polar surface area (TPSA) is 51.2 Å². The Labute approximate surface area is 147 Å². The van der Waals surface area contributed by atoms with E-state index in [4.69, 9.17) is 0 Å². The average molecular weight is 348 g/mol. The van der Waals surface area contributed by atoms with Crippen molar-refractivity contribution in [3.05, 3.63) is 102 Å². The van der Waals surface area contributed by atoms with Gasteiger partial charge < -0.3 is 0 Å². The van der Waals surface area contributed by atoms with Crippen LogP contribution in [0.5, 0.6) is 0 Å². The molecule has 0 saturated carbocycles. The number of allylic oxidation sites excluding steroid dienone is 1. The quantitative estimate of drug-likeness (QED) is 0.503. The van der Waals surface area contributed by atoms with Crippen molar-refractivity contribution in [2.75, 3.05) is 0 Å². The first kappa shape index (κ1) is 16.9. The van der Waals surface area contributed by atoms with E-state index in [0.29, 0.717) is 5.56 Å². The molecule has 0 radical (unpaired) electrons. The predicted octanol–water partition coefficient (Wildman–Crippen LogP) is 4.52. The van der Waals surface area contributed by atoms with Crippen LogP contribution in [-0.2, 0) is 9.84 Å². The maximum atomic E-state index is 12.2. The van der Waals surface area contributed by atoms with Gasteiger partial charge in [0.2, 0.25) is 0 Å². The smallest absolute Gasteiger partial charge is 0.199 e. The molecule has 0 fully saturated rings. The van der Waals surface area contributed by atoms with Crippen LogP contribution in [0, 0.1) is 0 Å². The van der Waals surface area contributed by atoms with Crippen LogP contribution in [0.25, 0.3) is 11.1 Å². The molecule has 0 aliphatic carbocycles. The second-order valence-electron chi connectivity index (χ2n) is 5.47. The van der Waals surface area contributed by atoms with Gasteiger partial charge in [0.15, 0.2) is 15.6 Å². The minimum Gasteiger partial charge on any atom is -0.289 e. The van der Waals surface area contributed by atoms with Gasteiger partial charge in [-0.3, -0.25) is 4.79 Å². The van der Waals surface area contributed by atoms with Crippen molar-refractivity contribution in [1.29, 1.82) is 0 Å². The molecule has 0 spiro atoms. The van der Waals surface area contributed by atoms with Crippen LogP contribution in [0.4, 0.5) is 0 Å². The lowest BCUT2D eigenvalue weighted by Crippen LogP contribution is -1.99. The molecule has 0 N–H and O–H groups in total. The fraction of sp³-hybridized carbons (Fsp3) is 0. The van der Waals surface area contributed by atoms with E-state index in [9.17, 15) is 13.2 Å². The molecule has 3 aromatic carbocycles. The minimum atomic E-state index is -3.62. The largest absolute Gasteiger partial charge is 0.289 e. The molecule has 3 nitrogen and oxygen atoms in total. The maximum Gasteiger partial charge on any atom is 0.199 e. The molecule has 0 aromatic heterocycles. The zero-order valence-corrected chi connectivity index (χ0v) is 14.2. The Balaban J connectivity index is 1.78. The summed E-state index contributed by atoms with van der Waals surface area (Å²) in [5, 5.41) is 0.954. The van der Waals surface area contributed by atoms with Gasteiger partial charge in [0.05, 0.1) is 4.90 Å². The van der Waals surface area contributed by atoms with Gasteiger partial charge in [0.25, 0.3) is 0 Å². The molecular weight excluding hydrogens is 332 g/mol. The van der Waals surface area contributed by atoms with Crippen molar-refractivity contribution in [3.63, 3.8) is 0 Å². The van der Waals surface area contributed by atoms with E-state index in [2.05, 4.69) is 0 Å². The van der Waals surface area contributed by atoms with Crippen LogP contribution in [0.2, 0.25) is 0 Å². The third-order valence-corrected chi connectivity index (χ3v) is 5.17. The Morgan fingerprint density at radius 3 is 1.80 bits per heavy atom. The predicted molar refractivity (Wildman–Crippen MR) is 99.0 cm³/mol. The molecule has 4 heteroatoms. The lowest BCUT2D eigenvalue weighted by atomic mass is 10.0. The Morgan fingerprint density at radius 1 is 0.680 bits per heavy atom. The highest BCUT2D eigenvalue weighted by Crippen LogP contribution is 2.19. The van der Waals surface area contributed by atoms with Crippen molar-refractivity contribution in [3.8, 4) is 11.1 Å². The first-order valence-electron chi connectivity index (χ1n) is 7.74. The molecule has 25 heavy (non-hydrogen) atoms. The van der Waals surface area contributed by atoms with E-state index >= 15 is 0 Å². The van der Waals surface area contributed by atoms with Crippen molar-refractivity contribution in [2.45, 2.75) is 4.90 Å². The maximum absolute atomic E-state index is 12.2. The molecule has 3 aromatic rings. The summed E-state index contributed by atoms with van der Waals surface area (Å²) in [6, 6.07) is 24.9. The van der Waals surface area contributed by atoms with Gasteiger partial charge in [-0.2, -0.15) is 0 Å². The van der Waals surface area contributed by atoms with Crippen LogP contribution in [0.1, 0.15) is 10.4 Å². The Kier molecular flexibility index (Phi) is 4.91. The van der Waals surface area contributed by atoms with E-state index in [1.165, 1.54) is 12.1 Å². The third kappa shape index (κ3) is 4.11. The molecule has 0 aliphatic rings. The summed E-state index contributed by atoms with van der Waals surface area (Å²) < 4.78 is 24.3. The number of sulfone groups is 1. The van der Waals surface area contributed by atoms with Gasteiger partial charge in [0, 0.05) is 11.0 Å². The van der Waals surface area contributed by atoms with Crippen LogP contribution in [0.15, 0.2) is 101 Å². The van der Waals surface area contributed by atoms with E-state index < -0.39 is 9.84 Å². The number of hydrogen-bond donors (Lipinski definition) is 0. The first-order valence-corrected chi connectivity index (χ1v) is 9.29. The number of rotatable bonds is 5. The fourth-order valence-electron chi connectivity index (χ4n) is 2.39. The molecule has 0 atom stereocenters. The molecular formula is C21H16O3S.